The van der Waals surface area contributed by atoms with Crippen LogP contribution < -0.4 is 0 Å². The van der Waals surface area contributed by atoms with Crippen LogP contribution in [-0.2, 0) is 17.7 Å². The quantitative estimate of drug-likeness (QED) is 0.827. The van der Waals surface area contributed by atoms with Gasteiger partial charge in [0.25, 0.3) is 0 Å². The zero-order chi connectivity index (χ0) is 14.3. The van der Waals surface area contributed by atoms with Crippen molar-refractivity contribution in [3.05, 3.63) is 35.4 Å². The van der Waals surface area contributed by atoms with Crippen molar-refractivity contribution in [2.24, 2.45) is 0 Å². The van der Waals surface area contributed by atoms with Crippen LogP contribution in [0.15, 0.2) is 24.3 Å². The lowest BCUT2D eigenvalue weighted by Crippen LogP contribution is -2.35. The molecule has 1 aromatic carbocycles. The van der Waals surface area contributed by atoms with Crippen molar-refractivity contribution in [3.8, 4) is 0 Å². The molecule has 3 rings (SSSR count). The Morgan fingerprint density at radius 2 is 1.71 bits per heavy atom. The molecule has 21 heavy (non-hydrogen) atoms. The van der Waals surface area contributed by atoms with Crippen molar-refractivity contribution in [2.45, 2.75) is 13.0 Å². The Morgan fingerprint density at radius 1 is 0.952 bits per heavy atom. The van der Waals surface area contributed by atoms with E-state index in [-0.39, 0.29) is 0 Å². The fourth-order valence-corrected chi connectivity index (χ4v) is 3.99. The van der Waals surface area contributed by atoms with Crippen molar-refractivity contribution in [2.75, 3.05) is 57.4 Å². The summed E-state index contributed by atoms with van der Waals surface area (Å²) in [6.07, 6.45) is 1.18. The highest BCUT2D eigenvalue weighted by Gasteiger charge is 2.12. The largest absolute Gasteiger partial charge is 0.379 e. The minimum absolute atomic E-state index is 0.882. The number of thioether (sulfide) groups is 1. The van der Waals surface area contributed by atoms with Crippen molar-refractivity contribution in [1.82, 2.24) is 9.80 Å². The minimum Gasteiger partial charge on any atom is -0.379 e. The predicted molar refractivity (Wildman–Crippen MR) is 90.0 cm³/mol. The second-order valence-electron chi connectivity index (χ2n) is 5.91. The number of hydrogen-bond donors (Lipinski definition) is 0. The van der Waals surface area contributed by atoms with Crippen LogP contribution in [0.2, 0.25) is 0 Å². The van der Waals surface area contributed by atoms with Gasteiger partial charge in [0.2, 0.25) is 0 Å². The molecule has 0 radical (unpaired) electrons. The fraction of sp³-hybridized carbons (Fsp3) is 0.647. The maximum atomic E-state index is 5.42. The third-order valence-electron chi connectivity index (χ3n) is 4.32. The predicted octanol–water partition coefficient (Wildman–Crippen LogP) is 2.11. The van der Waals surface area contributed by atoms with E-state index in [0.717, 1.165) is 32.8 Å². The van der Waals surface area contributed by atoms with Crippen LogP contribution in [0.4, 0.5) is 0 Å². The van der Waals surface area contributed by atoms with E-state index in [1.165, 1.54) is 48.7 Å². The first-order valence-electron chi connectivity index (χ1n) is 8.08. The van der Waals surface area contributed by atoms with Gasteiger partial charge in [0.1, 0.15) is 0 Å². The van der Waals surface area contributed by atoms with E-state index in [9.17, 15) is 0 Å². The molecule has 0 N–H and O–H groups in total. The molecule has 2 saturated heterocycles. The van der Waals surface area contributed by atoms with Gasteiger partial charge in [-0.3, -0.25) is 4.90 Å². The van der Waals surface area contributed by atoms with Crippen LogP contribution in [-0.4, -0.2) is 67.2 Å². The smallest absolute Gasteiger partial charge is 0.0594 e. The summed E-state index contributed by atoms with van der Waals surface area (Å²) in [6, 6.07) is 9.16. The molecule has 2 aliphatic heterocycles. The van der Waals surface area contributed by atoms with Crippen LogP contribution in [0.5, 0.6) is 0 Å². The standard InChI is InChI=1S/C17H26N2OS/c1-2-16(4-5-18-8-12-21-13-9-18)14-17(3-1)15-19-6-10-20-11-7-19/h1-3,14H,4-13,15H2. The third kappa shape index (κ3) is 4.99. The molecule has 0 amide bonds. The summed E-state index contributed by atoms with van der Waals surface area (Å²) in [6.45, 7) is 8.69. The van der Waals surface area contributed by atoms with E-state index >= 15 is 0 Å². The van der Waals surface area contributed by atoms with Crippen LogP contribution in [0.3, 0.4) is 0 Å². The monoisotopic (exact) mass is 306 g/mol. The Balaban J connectivity index is 1.50. The van der Waals surface area contributed by atoms with E-state index in [1.54, 1.807) is 0 Å². The highest BCUT2D eigenvalue weighted by atomic mass is 32.2. The van der Waals surface area contributed by atoms with E-state index in [1.807, 2.05) is 0 Å². The number of rotatable bonds is 5. The number of ether oxygens (including phenoxy) is 1. The van der Waals surface area contributed by atoms with Crippen LogP contribution >= 0.6 is 11.8 Å². The lowest BCUT2D eigenvalue weighted by Gasteiger charge is -2.27. The molecule has 0 aliphatic carbocycles. The van der Waals surface area contributed by atoms with Crippen molar-refractivity contribution in [1.29, 1.82) is 0 Å². The average molecular weight is 306 g/mol. The van der Waals surface area contributed by atoms with Gasteiger partial charge in [-0.25, -0.2) is 0 Å². The van der Waals surface area contributed by atoms with E-state index in [4.69, 9.17) is 4.74 Å². The molecule has 2 aliphatic rings. The number of morpholine rings is 1. The molecule has 4 heteroatoms. The molecular formula is C17H26N2OS. The lowest BCUT2D eigenvalue weighted by atomic mass is 10.1. The molecule has 3 nitrogen and oxygen atoms in total. The second kappa shape index (κ2) is 8.18. The molecule has 0 saturated carbocycles. The summed E-state index contributed by atoms with van der Waals surface area (Å²) < 4.78 is 5.42. The summed E-state index contributed by atoms with van der Waals surface area (Å²) in [4.78, 5) is 5.09. The summed E-state index contributed by atoms with van der Waals surface area (Å²) >= 11 is 2.08. The van der Waals surface area contributed by atoms with Crippen LogP contribution in [0, 0.1) is 0 Å². The summed E-state index contributed by atoms with van der Waals surface area (Å²) in [5.74, 6) is 2.61. The van der Waals surface area contributed by atoms with E-state index in [2.05, 4.69) is 45.8 Å². The Labute approximate surface area is 132 Å². The Hall–Kier alpha value is -0.550. The maximum absolute atomic E-state index is 5.42. The van der Waals surface area contributed by atoms with Gasteiger partial charge in [-0.15, -0.1) is 0 Å². The molecule has 0 atom stereocenters. The van der Waals surface area contributed by atoms with E-state index in [0.29, 0.717) is 0 Å². The van der Waals surface area contributed by atoms with Crippen LogP contribution in [0.1, 0.15) is 11.1 Å². The highest BCUT2D eigenvalue weighted by Crippen LogP contribution is 2.13. The second-order valence-corrected chi connectivity index (χ2v) is 7.14. The molecule has 0 spiro atoms. The molecular weight excluding hydrogens is 280 g/mol. The van der Waals surface area contributed by atoms with Gasteiger partial charge in [0.05, 0.1) is 13.2 Å². The SMILES string of the molecule is c1cc(CCN2CCSCC2)cc(CN2CCOCC2)c1. The topological polar surface area (TPSA) is 15.7 Å². The zero-order valence-corrected chi connectivity index (χ0v) is 13.6. The first-order valence-corrected chi connectivity index (χ1v) is 9.24. The molecule has 0 bridgehead atoms. The van der Waals surface area contributed by atoms with Crippen molar-refractivity contribution < 1.29 is 4.74 Å². The summed E-state index contributed by atoms with van der Waals surface area (Å²) in [5, 5.41) is 0. The molecule has 1 aromatic rings. The number of nitrogens with zero attached hydrogens (tertiary/aromatic N) is 2. The maximum Gasteiger partial charge on any atom is 0.0594 e. The summed E-state index contributed by atoms with van der Waals surface area (Å²) in [5.41, 5.74) is 2.93. The van der Waals surface area contributed by atoms with Gasteiger partial charge in [-0.1, -0.05) is 24.3 Å². The Kier molecular flexibility index (Phi) is 5.98. The normalized spacial score (nSPS) is 21.5. The van der Waals surface area contributed by atoms with Crippen molar-refractivity contribution >= 4 is 11.8 Å². The first-order chi connectivity index (χ1) is 10.4. The van der Waals surface area contributed by atoms with Gasteiger partial charge >= 0.3 is 0 Å². The molecule has 2 heterocycles. The number of hydrogen-bond acceptors (Lipinski definition) is 4. The fourth-order valence-electron chi connectivity index (χ4n) is 3.01. The van der Waals surface area contributed by atoms with Crippen LogP contribution in [0.25, 0.3) is 0 Å². The Bertz CT molecular complexity index is 429. The molecule has 0 aromatic heterocycles. The Morgan fingerprint density at radius 3 is 2.52 bits per heavy atom. The van der Waals surface area contributed by atoms with Gasteiger partial charge in [0, 0.05) is 50.8 Å². The first kappa shape index (κ1) is 15.3. The van der Waals surface area contributed by atoms with Gasteiger partial charge < -0.3 is 9.64 Å². The van der Waals surface area contributed by atoms with Crippen molar-refractivity contribution in [3.63, 3.8) is 0 Å². The summed E-state index contributed by atoms with van der Waals surface area (Å²) in [7, 11) is 0. The average Bonchev–Trinajstić information content (AvgIpc) is 2.55. The molecule has 2 fully saturated rings. The third-order valence-corrected chi connectivity index (χ3v) is 5.26. The van der Waals surface area contributed by atoms with Gasteiger partial charge in [-0.05, 0) is 17.5 Å². The zero-order valence-electron chi connectivity index (χ0n) is 12.8. The van der Waals surface area contributed by atoms with E-state index < -0.39 is 0 Å². The molecule has 116 valence electrons. The number of benzene rings is 1. The van der Waals surface area contributed by atoms with Gasteiger partial charge in [0.15, 0.2) is 0 Å². The molecule has 0 unspecified atom stereocenters. The van der Waals surface area contributed by atoms with Gasteiger partial charge in [-0.2, -0.15) is 11.8 Å². The lowest BCUT2D eigenvalue weighted by molar-refractivity contribution is 0.0342. The highest BCUT2D eigenvalue weighted by molar-refractivity contribution is 7.99. The minimum atomic E-state index is 0.882.